The molecule has 1 N–H and O–H groups in total. The monoisotopic (exact) mass is 366 g/mol. The van der Waals surface area contributed by atoms with Gasteiger partial charge in [-0.05, 0) is 62.7 Å². The number of aromatic nitrogens is 1. The van der Waals surface area contributed by atoms with Crippen LogP contribution in [0.25, 0.3) is 0 Å². The number of nitrogens with zero attached hydrogens (tertiary/aromatic N) is 3. The lowest BCUT2D eigenvalue weighted by molar-refractivity contribution is 0.0199. The van der Waals surface area contributed by atoms with Gasteiger partial charge >= 0.3 is 6.03 Å². The fourth-order valence-corrected chi connectivity index (χ4v) is 3.85. The number of carbonyl (C=O) groups is 1. The molecule has 6 nitrogen and oxygen atoms in total. The lowest BCUT2D eigenvalue weighted by atomic mass is 9.98. The van der Waals surface area contributed by atoms with Gasteiger partial charge in [0.25, 0.3) is 0 Å². The zero-order valence-electron chi connectivity index (χ0n) is 15.7. The number of anilines is 1. The third-order valence-corrected chi connectivity index (χ3v) is 5.45. The van der Waals surface area contributed by atoms with Gasteiger partial charge in [-0.2, -0.15) is 0 Å². The summed E-state index contributed by atoms with van der Waals surface area (Å²) >= 11 is 0. The number of hydrogen-bond donors (Lipinski definition) is 1. The molecule has 3 heterocycles. The van der Waals surface area contributed by atoms with Crippen molar-refractivity contribution in [3.8, 4) is 11.5 Å². The summed E-state index contributed by atoms with van der Waals surface area (Å²) in [6.07, 6.45) is 7.25. The van der Waals surface area contributed by atoms with Gasteiger partial charge in [0.15, 0.2) is 0 Å². The quantitative estimate of drug-likeness (QED) is 0.890. The van der Waals surface area contributed by atoms with E-state index >= 15 is 0 Å². The number of urea groups is 1. The molecule has 1 aromatic carbocycles. The summed E-state index contributed by atoms with van der Waals surface area (Å²) in [7, 11) is 0. The van der Waals surface area contributed by atoms with E-state index in [1.807, 2.05) is 41.3 Å². The van der Waals surface area contributed by atoms with E-state index in [0.717, 1.165) is 18.8 Å². The van der Waals surface area contributed by atoms with Crippen LogP contribution in [0.4, 0.5) is 10.5 Å². The van der Waals surface area contributed by atoms with Gasteiger partial charge < -0.3 is 15.0 Å². The Balaban J connectivity index is 1.26. The largest absolute Gasteiger partial charge is 0.456 e. The van der Waals surface area contributed by atoms with Crippen LogP contribution >= 0.6 is 0 Å². The first-order chi connectivity index (χ1) is 13.2. The Kier molecular flexibility index (Phi) is 5.25. The summed E-state index contributed by atoms with van der Waals surface area (Å²) in [4.78, 5) is 20.9. The molecular weight excluding hydrogens is 340 g/mol. The average Bonchev–Trinajstić information content (AvgIpc) is 2.65. The van der Waals surface area contributed by atoms with Crippen LogP contribution in [0.3, 0.4) is 0 Å². The molecule has 1 atom stereocenters. The Hall–Kier alpha value is -2.60. The maximum absolute atomic E-state index is 12.4. The van der Waals surface area contributed by atoms with Gasteiger partial charge in [0.2, 0.25) is 0 Å². The SMILES string of the molecule is C[C@@H]1CCCCN1C1CN(C(=O)Nc2ccc(Oc3cccnc3)cc2)C1. The molecule has 2 amide bonds. The number of pyridine rings is 1. The van der Waals surface area contributed by atoms with Crippen molar-refractivity contribution >= 4 is 11.7 Å². The van der Waals surface area contributed by atoms with E-state index < -0.39 is 0 Å². The van der Waals surface area contributed by atoms with E-state index in [2.05, 4.69) is 22.1 Å². The van der Waals surface area contributed by atoms with Crippen LogP contribution < -0.4 is 10.1 Å². The molecule has 0 saturated carbocycles. The van der Waals surface area contributed by atoms with Crippen molar-refractivity contribution < 1.29 is 9.53 Å². The first kappa shape index (κ1) is 17.8. The smallest absolute Gasteiger partial charge is 0.321 e. The van der Waals surface area contributed by atoms with E-state index in [1.165, 1.54) is 25.8 Å². The standard InChI is InChI=1S/C21H26N4O2/c1-16-5-2-3-12-25(16)18-14-24(15-18)21(26)23-17-7-9-19(10-8-17)27-20-6-4-11-22-13-20/h4,6-11,13,16,18H,2-3,5,12,14-15H2,1H3,(H,23,26)/t16-/m1/s1. The van der Waals surface area contributed by atoms with Crippen LogP contribution in [0, 0.1) is 0 Å². The van der Waals surface area contributed by atoms with Crippen molar-refractivity contribution in [2.75, 3.05) is 25.0 Å². The van der Waals surface area contributed by atoms with Crippen molar-refractivity contribution in [2.24, 2.45) is 0 Å². The topological polar surface area (TPSA) is 57.7 Å². The number of amides is 2. The minimum atomic E-state index is -0.0307. The highest BCUT2D eigenvalue weighted by molar-refractivity contribution is 5.90. The Bertz CT molecular complexity index is 760. The normalized spacial score (nSPS) is 20.8. The predicted octanol–water partition coefficient (Wildman–Crippen LogP) is 3.96. The predicted molar refractivity (Wildman–Crippen MR) is 105 cm³/mol. The number of nitrogens with one attached hydrogen (secondary N) is 1. The van der Waals surface area contributed by atoms with E-state index in [1.54, 1.807) is 12.4 Å². The minimum Gasteiger partial charge on any atom is -0.456 e. The molecule has 0 unspecified atom stereocenters. The Morgan fingerprint density at radius 2 is 1.96 bits per heavy atom. The summed E-state index contributed by atoms with van der Waals surface area (Å²) in [5, 5.41) is 2.97. The van der Waals surface area contributed by atoms with Crippen molar-refractivity contribution in [3.05, 3.63) is 48.8 Å². The molecule has 0 bridgehead atoms. The second-order valence-electron chi connectivity index (χ2n) is 7.39. The summed E-state index contributed by atoms with van der Waals surface area (Å²) in [6, 6.07) is 12.2. The molecule has 2 aromatic rings. The maximum Gasteiger partial charge on any atom is 0.321 e. The summed E-state index contributed by atoms with van der Waals surface area (Å²) in [5.74, 6) is 1.40. The van der Waals surface area contributed by atoms with Crippen LogP contribution in [-0.4, -0.2) is 52.5 Å². The van der Waals surface area contributed by atoms with Crippen molar-refractivity contribution in [1.82, 2.24) is 14.8 Å². The van der Waals surface area contributed by atoms with Crippen LogP contribution in [0.1, 0.15) is 26.2 Å². The molecular formula is C21H26N4O2. The lowest BCUT2D eigenvalue weighted by Crippen LogP contribution is -2.64. The van der Waals surface area contributed by atoms with E-state index in [-0.39, 0.29) is 6.03 Å². The Labute approximate surface area is 160 Å². The third-order valence-electron chi connectivity index (χ3n) is 5.45. The highest BCUT2D eigenvalue weighted by Crippen LogP contribution is 2.26. The number of hydrogen-bond acceptors (Lipinski definition) is 4. The zero-order chi connectivity index (χ0) is 18.6. The van der Waals surface area contributed by atoms with Crippen LogP contribution in [0.15, 0.2) is 48.8 Å². The van der Waals surface area contributed by atoms with Gasteiger partial charge in [0, 0.05) is 37.1 Å². The molecule has 2 saturated heterocycles. The molecule has 6 heteroatoms. The van der Waals surface area contributed by atoms with E-state index in [0.29, 0.717) is 23.6 Å². The number of ether oxygens (including phenoxy) is 1. The maximum atomic E-state index is 12.4. The highest BCUT2D eigenvalue weighted by atomic mass is 16.5. The summed E-state index contributed by atoms with van der Waals surface area (Å²) < 4.78 is 5.72. The number of likely N-dealkylation sites (tertiary alicyclic amines) is 2. The Morgan fingerprint density at radius 3 is 2.67 bits per heavy atom. The second-order valence-corrected chi connectivity index (χ2v) is 7.39. The molecule has 27 heavy (non-hydrogen) atoms. The fourth-order valence-electron chi connectivity index (χ4n) is 3.85. The van der Waals surface area contributed by atoms with Crippen LogP contribution in [-0.2, 0) is 0 Å². The minimum absolute atomic E-state index is 0.0307. The molecule has 2 aliphatic heterocycles. The first-order valence-electron chi connectivity index (χ1n) is 9.68. The molecule has 4 rings (SSSR count). The molecule has 142 valence electrons. The van der Waals surface area contributed by atoms with E-state index in [9.17, 15) is 4.79 Å². The molecule has 2 aliphatic rings. The Morgan fingerprint density at radius 1 is 1.15 bits per heavy atom. The first-order valence-corrected chi connectivity index (χ1v) is 9.68. The number of rotatable bonds is 4. The van der Waals surface area contributed by atoms with Gasteiger partial charge in [0.05, 0.1) is 6.20 Å². The molecule has 0 radical (unpaired) electrons. The van der Waals surface area contributed by atoms with Gasteiger partial charge in [0.1, 0.15) is 11.5 Å². The van der Waals surface area contributed by atoms with Crippen LogP contribution in [0.5, 0.6) is 11.5 Å². The van der Waals surface area contributed by atoms with E-state index in [4.69, 9.17) is 4.74 Å². The highest BCUT2D eigenvalue weighted by Gasteiger charge is 2.37. The number of carbonyl (C=O) groups excluding carboxylic acids is 1. The summed E-state index contributed by atoms with van der Waals surface area (Å²) in [5.41, 5.74) is 0.772. The average molecular weight is 366 g/mol. The van der Waals surface area contributed by atoms with Crippen molar-refractivity contribution in [2.45, 2.75) is 38.3 Å². The van der Waals surface area contributed by atoms with Gasteiger partial charge in [-0.3, -0.25) is 9.88 Å². The molecule has 0 spiro atoms. The molecule has 1 aromatic heterocycles. The molecule has 0 aliphatic carbocycles. The zero-order valence-corrected chi connectivity index (χ0v) is 15.7. The number of piperidine rings is 1. The van der Waals surface area contributed by atoms with Crippen molar-refractivity contribution in [3.63, 3.8) is 0 Å². The number of benzene rings is 1. The van der Waals surface area contributed by atoms with Gasteiger partial charge in [-0.25, -0.2) is 4.79 Å². The van der Waals surface area contributed by atoms with Gasteiger partial charge in [-0.15, -0.1) is 0 Å². The summed E-state index contributed by atoms with van der Waals surface area (Å²) in [6.45, 7) is 5.10. The molecule has 2 fully saturated rings. The lowest BCUT2D eigenvalue weighted by Gasteiger charge is -2.49. The third kappa shape index (κ3) is 4.22. The van der Waals surface area contributed by atoms with Crippen LogP contribution in [0.2, 0.25) is 0 Å². The van der Waals surface area contributed by atoms with Crippen molar-refractivity contribution in [1.29, 1.82) is 0 Å². The fraction of sp³-hybridized carbons (Fsp3) is 0.429. The second kappa shape index (κ2) is 7.96. The van der Waals surface area contributed by atoms with Gasteiger partial charge in [-0.1, -0.05) is 6.42 Å².